The van der Waals surface area contributed by atoms with Crippen LogP contribution in [-0.4, -0.2) is 9.13 Å². The summed E-state index contributed by atoms with van der Waals surface area (Å²) in [5.41, 5.74) is 13.9. The van der Waals surface area contributed by atoms with Crippen molar-refractivity contribution in [3.05, 3.63) is 187 Å². The molecule has 3 heteroatoms. The van der Waals surface area contributed by atoms with Crippen molar-refractivity contribution in [2.24, 2.45) is 0 Å². The van der Waals surface area contributed by atoms with Crippen LogP contribution in [0.15, 0.2) is 176 Å². The van der Waals surface area contributed by atoms with E-state index in [4.69, 9.17) is 0 Å². The second-order valence-electron chi connectivity index (χ2n) is 14.8. The normalized spacial score (nSPS) is 12.9. The highest BCUT2D eigenvalue weighted by molar-refractivity contribution is 7.25. The van der Waals surface area contributed by atoms with Crippen molar-refractivity contribution in [1.82, 2.24) is 9.13 Å². The zero-order valence-corrected chi connectivity index (χ0v) is 30.9. The van der Waals surface area contributed by atoms with Gasteiger partial charge in [-0.1, -0.05) is 121 Å². The Morgan fingerprint density at radius 2 is 1.02 bits per heavy atom. The minimum Gasteiger partial charge on any atom is -0.313 e. The van der Waals surface area contributed by atoms with E-state index in [1.54, 1.807) is 0 Å². The summed E-state index contributed by atoms with van der Waals surface area (Å²) in [6, 6.07) is 63.0. The highest BCUT2D eigenvalue weighted by Crippen LogP contribution is 2.42. The fourth-order valence-electron chi connectivity index (χ4n) is 9.22. The number of nitrogens with zero attached hydrogens (tertiary/aromatic N) is 2. The van der Waals surface area contributed by atoms with Gasteiger partial charge in [0, 0.05) is 58.7 Å². The summed E-state index contributed by atoms with van der Waals surface area (Å²) >= 11 is 1.90. The van der Waals surface area contributed by atoms with E-state index in [1.165, 1.54) is 109 Å². The zero-order valence-electron chi connectivity index (χ0n) is 30.0. The lowest BCUT2D eigenvalue weighted by Gasteiger charge is -2.13. The van der Waals surface area contributed by atoms with E-state index in [9.17, 15) is 0 Å². The third-order valence-corrected chi connectivity index (χ3v) is 12.9. The van der Waals surface area contributed by atoms with Crippen molar-refractivity contribution < 1.29 is 0 Å². The van der Waals surface area contributed by atoms with E-state index >= 15 is 0 Å². The Kier molecular flexibility index (Phi) is 6.66. The standard InChI is InChI=1S/C52H34N2S/c1-2-13-38(14-3-1)53-47-18-8-6-16-40(47)44-29-34(23-27-49(44)53)36-21-25-42-43-26-22-37(32-52(43)55-51(42)31-36)35-24-28-50-45(30-35)41-17-7-9-19-48(41)54(50)46-20-10-12-33-11-4-5-15-39(33)46/h1-7,9-17,19-32H,8,18H2. The molecule has 11 aromatic rings. The Bertz CT molecular complexity index is 3370. The molecule has 0 amide bonds. The fourth-order valence-corrected chi connectivity index (χ4v) is 10.4. The summed E-state index contributed by atoms with van der Waals surface area (Å²) in [4.78, 5) is 0. The first-order valence-electron chi connectivity index (χ1n) is 19.1. The average molecular weight is 719 g/mol. The van der Waals surface area contributed by atoms with Gasteiger partial charge >= 0.3 is 0 Å². The van der Waals surface area contributed by atoms with Gasteiger partial charge in [-0.05, 0) is 101 Å². The number of para-hydroxylation sites is 2. The third kappa shape index (κ3) is 4.67. The van der Waals surface area contributed by atoms with Gasteiger partial charge in [-0.3, -0.25) is 0 Å². The summed E-state index contributed by atoms with van der Waals surface area (Å²) in [5.74, 6) is 0. The van der Waals surface area contributed by atoms with Gasteiger partial charge < -0.3 is 9.13 Å². The maximum Gasteiger partial charge on any atom is 0.0541 e. The molecule has 0 saturated heterocycles. The Hall–Kier alpha value is -6.68. The van der Waals surface area contributed by atoms with E-state index in [0.29, 0.717) is 0 Å². The molecule has 3 heterocycles. The van der Waals surface area contributed by atoms with E-state index in [1.807, 2.05) is 11.3 Å². The molecule has 0 radical (unpaired) electrons. The molecular weight excluding hydrogens is 685 g/mol. The molecule has 258 valence electrons. The van der Waals surface area contributed by atoms with Gasteiger partial charge in [-0.2, -0.15) is 0 Å². The van der Waals surface area contributed by atoms with Gasteiger partial charge in [0.15, 0.2) is 0 Å². The Labute approximate surface area is 322 Å². The van der Waals surface area contributed by atoms with Gasteiger partial charge in [0.25, 0.3) is 0 Å². The maximum atomic E-state index is 2.46. The monoisotopic (exact) mass is 718 g/mol. The van der Waals surface area contributed by atoms with Crippen LogP contribution in [0.5, 0.6) is 0 Å². The van der Waals surface area contributed by atoms with Crippen LogP contribution in [-0.2, 0) is 6.42 Å². The topological polar surface area (TPSA) is 9.86 Å². The highest BCUT2D eigenvalue weighted by atomic mass is 32.1. The Balaban J connectivity index is 0.951. The van der Waals surface area contributed by atoms with Crippen molar-refractivity contribution in [2.45, 2.75) is 12.8 Å². The summed E-state index contributed by atoms with van der Waals surface area (Å²) in [7, 11) is 0. The molecule has 1 aliphatic carbocycles. The zero-order chi connectivity index (χ0) is 36.0. The van der Waals surface area contributed by atoms with Crippen LogP contribution < -0.4 is 0 Å². The molecule has 2 nitrogen and oxygen atoms in total. The fraction of sp³-hybridized carbons (Fsp3) is 0.0385. The lowest BCUT2D eigenvalue weighted by atomic mass is 9.98. The summed E-state index contributed by atoms with van der Waals surface area (Å²) in [6.45, 7) is 0. The summed E-state index contributed by atoms with van der Waals surface area (Å²) in [5, 5.41) is 9.02. The largest absolute Gasteiger partial charge is 0.313 e. The van der Waals surface area contributed by atoms with Gasteiger partial charge in [0.05, 0.1) is 22.2 Å². The number of hydrogen-bond acceptors (Lipinski definition) is 1. The van der Waals surface area contributed by atoms with E-state index < -0.39 is 0 Å². The van der Waals surface area contributed by atoms with Crippen LogP contribution in [0.25, 0.3) is 103 Å². The minimum absolute atomic E-state index is 1.06. The number of thiophene rings is 1. The first kappa shape index (κ1) is 30.7. The predicted octanol–water partition coefficient (Wildman–Crippen LogP) is 14.5. The van der Waals surface area contributed by atoms with Gasteiger partial charge in [-0.15, -0.1) is 11.3 Å². The SMILES string of the molecule is C1=Cc2c(n(-c3ccccc3)c3ccc(-c4ccc5c(c4)sc4cc(-c6ccc7c(c6)c6ccccc6n7-c6cccc7ccccc67)ccc45)cc23)CC1. The molecule has 55 heavy (non-hydrogen) atoms. The minimum atomic E-state index is 1.06. The van der Waals surface area contributed by atoms with E-state index in [-0.39, 0.29) is 0 Å². The molecule has 8 aromatic carbocycles. The van der Waals surface area contributed by atoms with E-state index in [0.717, 1.165) is 12.8 Å². The van der Waals surface area contributed by atoms with Crippen molar-refractivity contribution >= 4 is 81.1 Å². The quantitative estimate of drug-likeness (QED) is 0.171. The lowest BCUT2D eigenvalue weighted by Crippen LogP contribution is -2.02. The third-order valence-electron chi connectivity index (χ3n) is 11.8. The molecule has 0 bridgehead atoms. The number of allylic oxidation sites excluding steroid dienone is 1. The van der Waals surface area contributed by atoms with Crippen LogP contribution in [0, 0.1) is 0 Å². The van der Waals surface area contributed by atoms with Crippen LogP contribution in [0.4, 0.5) is 0 Å². The molecule has 1 aliphatic rings. The molecule has 12 rings (SSSR count). The predicted molar refractivity (Wildman–Crippen MR) is 236 cm³/mol. The number of hydrogen-bond donors (Lipinski definition) is 0. The summed E-state index contributed by atoms with van der Waals surface area (Å²) in [6.07, 6.45) is 6.79. The number of benzene rings is 8. The van der Waals surface area contributed by atoms with Crippen molar-refractivity contribution in [3.8, 4) is 33.6 Å². The molecule has 0 N–H and O–H groups in total. The molecule has 0 aliphatic heterocycles. The van der Waals surface area contributed by atoms with Crippen molar-refractivity contribution in [3.63, 3.8) is 0 Å². The van der Waals surface area contributed by atoms with Crippen LogP contribution >= 0.6 is 11.3 Å². The first-order chi connectivity index (χ1) is 27.3. The van der Waals surface area contributed by atoms with Crippen molar-refractivity contribution in [2.75, 3.05) is 0 Å². The number of aromatic nitrogens is 2. The van der Waals surface area contributed by atoms with Crippen LogP contribution in [0.2, 0.25) is 0 Å². The molecule has 0 saturated carbocycles. The molecule has 0 spiro atoms. The molecule has 0 fully saturated rings. The smallest absolute Gasteiger partial charge is 0.0541 e. The number of rotatable bonds is 4. The van der Waals surface area contributed by atoms with Crippen LogP contribution in [0.1, 0.15) is 17.7 Å². The maximum absolute atomic E-state index is 2.46. The van der Waals surface area contributed by atoms with Gasteiger partial charge in [-0.25, -0.2) is 0 Å². The molecule has 0 atom stereocenters. The lowest BCUT2D eigenvalue weighted by molar-refractivity contribution is 0.888. The van der Waals surface area contributed by atoms with Gasteiger partial charge in [0.2, 0.25) is 0 Å². The second kappa shape index (κ2) is 11.9. The molecule has 0 unspecified atom stereocenters. The van der Waals surface area contributed by atoms with Gasteiger partial charge in [0.1, 0.15) is 0 Å². The molecule has 3 aromatic heterocycles. The average Bonchev–Trinajstić information content (AvgIpc) is 3.90. The number of fused-ring (bicyclic) bond motifs is 10. The van der Waals surface area contributed by atoms with Crippen LogP contribution in [0.3, 0.4) is 0 Å². The molecular formula is C52H34N2S. The Morgan fingerprint density at radius 1 is 0.418 bits per heavy atom. The second-order valence-corrected chi connectivity index (χ2v) is 15.9. The van der Waals surface area contributed by atoms with E-state index in [2.05, 4.69) is 191 Å². The first-order valence-corrected chi connectivity index (χ1v) is 20.0. The Morgan fingerprint density at radius 3 is 1.80 bits per heavy atom. The highest BCUT2D eigenvalue weighted by Gasteiger charge is 2.20. The summed E-state index contributed by atoms with van der Waals surface area (Å²) < 4.78 is 7.54. The van der Waals surface area contributed by atoms with Crippen molar-refractivity contribution in [1.29, 1.82) is 0 Å².